The number of ether oxygens (including phenoxy) is 4. The summed E-state index contributed by atoms with van der Waals surface area (Å²) in [7, 11) is 0.517. The van der Waals surface area contributed by atoms with Crippen molar-refractivity contribution in [3.63, 3.8) is 0 Å². The quantitative estimate of drug-likeness (QED) is 0.0879. The highest BCUT2D eigenvalue weighted by atomic mass is 127. The summed E-state index contributed by atoms with van der Waals surface area (Å²) in [5, 5.41) is 13.7. The van der Waals surface area contributed by atoms with Gasteiger partial charge in [-0.15, -0.1) is 10.2 Å². The Kier molecular flexibility index (Phi) is 13.2. The van der Waals surface area contributed by atoms with E-state index in [2.05, 4.69) is 15.4 Å². The second-order valence-corrected chi connectivity index (χ2v) is 18.5. The molecular weight excluding hydrogens is 887 g/mol. The molecule has 0 saturated carbocycles. The van der Waals surface area contributed by atoms with Crippen molar-refractivity contribution in [1.82, 2.24) is 30.2 Å². The first-order chi connectivity index (χ1) is 27.2. The summed E-state index contributed by atoms with van der Waals surface area (Å²) in [6.45, 7) is 5.59. The first-order valence-electron chi connectivity index (χ1n) is 17.7. The van der Waals surface area contributed by atoms with Gasteiger partial charge in [-0.2, -0.15) is 14.1 Å². The lowest BCUT2D eigenvalue weighted by molar-refractivity contribution is -0.0627. The Bertz CT molecular complexity index is 2260. The highest BCUT2D eigenvalue weighted by Gasteiger charge is 2.44. The van der Waals surface area contributed by atoms with Gasteiger partial charge in [0, 0.05) is 16.7 Å². The predicted octanol–water partition coefficient (Wildman–Crippen LogP) is 6.07. The number of hydrogen-bond donors (Lipinski definition) is 0. The fraction of sp³-hybridized carbons (Fsp3) is 0.333. The highest BCUT2D eigenvalue weighted by Crippen LogP contribution is 2.38. The van der Waals surface area contributed by atoms with Gasteiger partial charge in [0.2, 0.25) is 16.9 Å². The van der Waals surface area contributed by atoms with Crippen molar-refractivity contribution in [2.75, 3.05) is 34.4 Å². The van der Waals surface area contributed by atoms with Crippen molar-refractivity contribution >= 4 is 49.6 Å². The van der Waals surface area contributed by atoms with Crippen LogP contribution in [0.25, 0.3) is 11.4 Å². The molecule has 18 heteroatoms. The third-order valence-electron chi connectivity index (χ3n) is 8.85. The highest BCUT2D eigenvalue weighted by molar-refractivity contribution is 14.1. The number of hydroxylamine groups is 2. The van der Waals surface area contributed by atoms with Crippen LogP contribution in [0.3, 0.4) is 0 Å². The van der Waals surface area contributed by atoms with Crippen molar-refractivity contribution in [3.8, 4) is 28.6 Å². The number of hydrogen-bond acceptors (Lipinski definition) is 13. The van der Waals surface area contributed by atoms with Crippen LogP contribution in [0.5, 0.6) is 17.2 Å². The molecule has 0 N–H and O–H groups in total. The number of tetrazole rings is 1. The Labute approximate surface area is 347 Å². The molecule has 6 rings (SSSR count). The third-order valence-corrected chi connectivity index (χ3v) is 13.1. The fourth-order valence-corrected chi connectivity index (χ4v) is 9.97. The SMILES string of the molecule is COc1ccc(CN(Cc2ccc(OC)cc2)OS(=O)c2c(S(=O)(=O)C3CN(C(=O)OC(C)(C)C)C3)ccc(I)c2-c2nnn(Cc3ccc(OC)cc3)n2)cc1. The van der Waals surface area contributed by atoms with E-state index in [4.69, 9.17) is 23.2 Å². The zero-order valence-electron chi connectivity index (χ0n) is 32.2. The van der Waals surface area contributed by atoms with Crippen molar-refractivity contribution < 1.29 is 40.7 Å². The van der Waals surface area contributed by atoms with Crippen molar-refractivity contribution in [3.05, 3.63) is 105 Å². The van der Waals surface area contributed by atoms with Crippen LogP contribution in [0, 0.1) is 3.57 Å². The summed E-state index contributed by atoms with van der Waals surface area (Å²) >= 11 is -0.420. The van der Waals surface area contributed by atoms with Crippen LogP contribution in [-0.2, 0) is 49.6 Å². The monoisotopic (exact) mass is 930 g/mol. The first-order valence-corrected chi connectivity index (χ1v) is 21.4. The summed E-state index contributed by atoms with van der Waals surface area (Å²) in [4.78, 5) is 15.1. The molecule has 1 aliphatic rings. The Morgan fingerprint density at radius 1 is 0.825 bits per heavy atom. The normalized spacial score (nSPS) is 13.9. The molecular formula is C39H43IN6O9S2. The maximum Gasteiger partial charge on any atom is 0.410 e. The summed E-state index contributed by atoms with van der Waals surface area (Å²) in [6, 6.07) is 25.0. The molecule has 2 heterocycles. The minimum absolute atomic E-state index is 0.0535. The van der Waals surface area contributed by atoms with Gasteiger partial charge in [0.15, 0.2) is 9.84 Å². The molecule has 15 nitrogen and oxygen atoms in total. The van der Waals surface area contributed by atoms with E-state index in [-0.39, 0.29) is 53.9 Å². The van der Waals surface area contributed by atoms with Crippen LogP contribution in [0.1, 0.15) is 37.5 Å². The molecule has 1 saturated heterocycles. The van der Waals surface area contributed by atoms with Gasteiger partial charge in [-0.25, -0.2) is 17.4 Å². The topological polar surface area (TPSA) is 165 Å². The number of rotatable bonds is 15. The first kappa shape index (κ1) is 42.0. The molecule has 4 aromatic carbocycles. The Morgan fingerprint density at radius 2 is 1.33 bits per heavy atom. The van der Waals surface area contributed by atoms with E-state index in [0.717, 1.165) is 16.7 Å². The standard InChI is InChI=1S/C39H43IN6O9S2/c1-39(2,3)54-38(47)44-24-32(25-44)57(49,50)34-20-19-33(40)35(37-41-43-46(42-37)23-28-11-17-31(53-6)18-12-28)36(34)56(48)55-45(21-26-7-13-29(51-4)14-8-26)22-27-9-15-30(52-5)16-10-27/h7-20,32H,21-25H2,1-6H3. The molecule has 1 aromatic heterocycles. The van der Waals surface area contributed by atoms with Crippen LogP contribution in [0.4, 0.5) is 4.79 Å². The van der Waals surface area contributed by atoms with Gasteiger partial charge < -0.3 is 23.8 Å². The molecule has 1 unspecified atom stereocenters. The second-order valence-electron chi connectivity index (χ2n) is 14.1. The number of halogens is 1. The summed E-state index contributed by atoms with van der Waals surface area (Å²) < 4.78 is 72.0. The molecule has 0 spiro atoms. The van der Waals surface area contributed by atoms with Gasteiger partial charge in [-0.1, -0.05) is 36.4 Å². The Morgan fingerprint density at radius 3 is 1.82 bits per heavy atom. The lowest BCUT2D eigenvalue weighted by Crippen LogP contribution is -2.57. The molecule has 1 atom stereocenters. The van der Waals surface area contributed by atoms with Crippen molar-refractivity contribution in [2.45, 2.75) is 61.0 Å². The minimum atomic E-state index is -4.22. The molecule has 1 fully saturated rings. The van der Waals surface area contributed by atoms with Crippen LogP contribution >= 0.6 is 22.6 Å². The zero-order chi connectivity index (χ0) is 40.9. The maximum absolute atomic E-state index is 14.8. The van der Waals surface area contributed by atoms with E-state index in [1.165, 1.54) is 20.8 Å². The molecule has 0 bridgehead atoms. The number of nitrogens with zero attached hydrogens (tertiary/aromatic N) is 6. The average molecular weight is 931 g/mol. The van der Waals surface area contributed by atoms with Crippen LogP contribution < -0.4 is 14.2 Å². The van der Waals surface area contributed by atoms with E-state index in [1.54, 1.807) is 72.4 Å². The smallest absolute Gasteiger partial charge is 0.410 e. The maximum atomic E-state index is 14.8. The average Bonchev–Trinajstić information content (AvgIpc) is 3.61. The lowest BCUT2D eigenvalue weighted by atomic mass is 10.2. The van der Waals surface area contributed by atoms with Crippen LogP contribution in [0.15, 0.2) is 94.7 Å². The third kappa shape index (κ3) is 10.3. The van der Waals surface area contributed by atoms with Crippen molar-refractivity contribution in [1.29, 1.82) is 0 Å². The van der Waals surface area contributed by atoms with Gasteiger partial charge in [-0.3, -0.25) is 0 Å². The summed E-state index contributed by atoms with van der Waals surface area (Å²) in [6.07, 6.45) is -0.616. The van der Waals surface area contributed by atoms with E-state index < -0.39 is 37.9 Å². The van der Waals surface area contributed by atoms with Gasteiger partial charge >= 0.3 is 6.09 Å². The molecule has 302 valence electrons. The zero-order valence-corrected chi connectivity index (χ0v) is 36.0. The number of methoxy groups -OCH3 is 3. The number of sulfone groups is 1. The summed E-state index contributed by atoms with van der Waals surface area (Å²) in [5.74, 6) is 2.08. The molecule has 1 amide bonds. The largest absolute Gasteiger partial charge is 0.497 e. The van der Waals surface area contributed by atoms with Gasteiger partial charge in [-0.05, 0) is 114 Å². The van der Waals surface area contributed by atoms with E-state index in [9.17, 15) is 17.4 Å². The number of likely N-dealkylation sites (tertiary alicyclic amines) is 1. The Hall–Kier alpha value is -4.63. The summed E-state index contributed by atoms with van der Waals surface area (Å²) in [5.41, 5.74) is 1.93. The fourth-order valence-electron chi connectivity index (χ4n) is 5.84. The minimum Gasteiger partial charge on any atom is -0.497 e. The van der Waals surface area contributed by atoms with E-state index in [0.29, 0.717) is 20.8 Å². The number of carbonyl (C=O) groups excluding carboxylic acids is 1. The molecule has 57 heavy (non-hydrogen) atoms. The number of amides is 1. The molecule has 0 radical (unpaired) electrons. The van der Waals surface area contributed by atoms with Gasteiger partial charge in [0.1, 0.15) is 28.1 Å². The molecule has 1 aliphatic heterocycles. The Balaban J connectivity index is 1.38. The van der Waals surface area contributed by atoms with Crippen LogP contribution in [0.2, 0.25) is 0 Å². The second kappa shape index (κ2) is 17.9. The lowest BCUT2D eigenvalue weighted by Gasteiger charge is -2.39. The number of aromatic nitrogens is 4. The van der Waals surface area contributed by atoms with E-state index >= 15 is 0 Å². The molecule has 5 aromatic rings. The van der Waals surface area contributed by atoms with E-state index in [1.807, 2.05) is 71.1 Å². The number of benzene rings is 4. The number of carbonyl (C=O) groups is 1. The van der Waals surface area contributed by atoms with Crippen molar-refractivity contribution in [2.24, 2.45) is 0 Å². The predicted molar refractivity (Wildman–Crippen MR) is 220 cm³/mol. The van der Waals surface area contributed by atoms with Crippen LogP contribution in [-0.4, -0.2) is 94.2 Å². The van der Waals surface area contributed by atoms with Gasteiger partial charge in [0.05, 0.1) is 56.3 Å². The van der Waals surface area contributed by atoms with Gasteiger partial charge in [0.25, 0.3) is 0 Å². The molecule has 0 aliphatic carbocycles.